The molecule has 0 spiro atoms. The zero-order valence-electron chi connectivity index (χ0n) is 17.2. The minimum Gasteiger partial charge on any atom is -0.396 e. The van der Waals surface area contributed by atoms with E-state index in [1.54, 1.807) is 0 Å². The SMILES string of the molecule is CC(=O)Nc1ccc2nc(CN3CCN(CC(C)C)[C@H](CCO)C3)ccc2c1. The average Bonchev–Trinajstić information content (AvgIpc) is 2.63. The number of rotatable bonds is 7. The summed E-state index contributed by atoms with van der Waals surface area (Å²) in [5.74, 6) is 0.565. The Kier molecular flexibility index (Phi) is 6.99. The minimum atomic E-state index is -0.0713. The predicted octanol–water partition coefficient (Wildman–Crippen LogP) is 2.72. The third kappa shape index (κ3) is 5.50. The number of carbonyl (C=O) groups is 1. The summed E-state index contributed by atoms with van der Waals surface area (Å²) in [4.78, 5) is 21.0. The molecule has 152 valence electrons. The van der Waals surface area contributed by atoms with Crippen LogP contribution in [0.4, 0.5) is 5.69 Å². The molecule has 1 aliphatic heterocycles. The highest BCUT2D eigenvalue weighted by Gasteiger charge is 2.27. The van der Waals surface area contributed by atoms with Gasteiger partial charge in [-0.15, -0.1) is 0 Å². The molecule has 1 amide bonds. The molecule has 1 aromatic heterocycles. The number of hydrogen-bond donors (Lipinski definition) is 2. The van der Waals surface area contributed by atoms with E-state index in [9.17, 15) is 9.90 Å². The number of benzene rings is 1. The van der Waals surface area contributed by atoms with E-state index in [0.717, 1.165) is 61.4 Å². The summed E-state index contributed by atoms with van der Waals surface area (Å²) in [6, 6.07) is 10.4. The summed E-state index contributed by atoms with van der Waals surface area (Å²) in [6.07, 6.45) is 0.820. The Morgan fingerprint density at radius 3 is 2.82 bits per heavy atom. The molecule has 6 nitrogen and oxygen atoms in total. The fourth-order valence-corrected chi connectivity index (χ4v) is 4.00. The minimum absolute atomic E-state index is 0.0713. The van der Waals surface area contributed by atoms with Crippen LogP contribution >= 0.6 is 0 Å². The van der Waals surface area contributed by atoms with Crippen molar-refractivity contribution >= 4 is 22.5 Å². The molecule has 0 saturated carbocycles. The summed E-state index contributed by atoms with van der Waals surface area (Å²) in [7, 11) is 0. The van der Waals surface area contributed by atoms with Crippen LogP contribution in [0.25, 0.3) is 10.9 Å². The number of hydrogen-bond acceptors (Lipinski definition) is 5. The summed E-state index contributed by atoms with van der Waals surface area (Å²) < 4.78 is 0. The zero-order chi connectivity index (χ0) is 20.1. The first-order valence-corrected chi connectivity index (χ1v) is 10.2. The van der Waals surface area contributed by atoms with Crippen molar-refractivity contribution in [2.24, 2.45) is 5.92 Å². The van der Waals surface area contributed by atoms with E-state index in [4.69, 9.17) is 4.98 Å². The van der Waals surface area contributed by atoms with Crippen LogP contribution < -0.4 is 5.32 Å². The molecule has 2 aromatic rings. The molecule has 1 aromatic carbocycles. The second-order valence-electron chi connectivity index (χ2n) is 8.18. The van der Waals surface area contributed by atoms with Gasteiger partial charge >= 0.3 is 0 Å². The number of aliphatic hydroxyl groups excluding tert-OH is 1. The number of aliphatic hydroxyl groups is 1. The van der Waals surface area contributed by atoms with Crippen molar-refractivity contribution in [3.8, 4) is 0 Å². The smallest absolute Gasteiger partial charge is 0.221 e. The maximum absolute atomic E-state index is 11.2. The van der Waals surface area contributed by atoms with Gasteiger partial charge in [-0.2, -0.15) is 0 Å². The summed E-state index contributed by atoms with van der Waals surface area (Å²) in [6.45, 7) is 11.2. The van der Waals surface area contributed by atoms with Crippen molar-refractivity contribution in [2.75, 3.05) is 38.1 Å². The highest BCUT2D eigenvalue weighted by Crippen LogP contribution is 2.20. The van der Waals surface area contributed by atoms with Crippen LogP contribution in [-0.4, -0.2) is 64.6 Å². The number of piperazine rings is 1. The molecule has 1 atom stereocenters. The van der Waals surface area contributed by atoms with Crippen molar-refractivity contribution in [1.82, 2.24) is 14.8 Å². The van der Waals surface area contributed by atoms with Crippen molar-refractivity contribution in [2.45, 2.75) is 39.8 Å². The molecule has 2 heterocycles. The standard InChI is InChI=1S/C22H32N4O2/c1-16(2)13-26-10-9-25(15-21(26)8-11-27)14-20-5-4-18-12-19(23-17(3)28)6-7-22(18)24-20/h4-7,12,16,21,27H,8-11,13-15H2,1-3H3,(H,23,28)/t21-/m1/s1. The molecule has 1 fully saturated rings. The number of pyridine rings is 1. The molecule has 0 aliphatic carbocycles. The first-order chi connectivity index (χ1) is 13.4. The van der Waals surface area contributed by atoms with Crippen molar-refractivity contribution in [3.63, 3.8) is 0 Å². The van der Waals surface area contributed by atoms with E-state index >= 15 is 0 Å². The van der Waals surface area contributed by atoms with E-state index in [0.29, 0.717) is 12.0 Å². The maximum atomic E-state index is 11.2. The Hall–Kier alpha value is -2.02. The monoisotopic (exact) mass is 384 g/mol. The highest BCUT2D eigenvalue weighted by molar-refractivity contribution is 5.92. The summed E-state index contributed by atoms with van der Waals surface area (Å²) in [5.41, 5.74) is 2.79. The molecule has 0 radical (unpaired) electrons. The van der Waals surface area contributed by atoms with Gasteiger partial charge in [-0.05, 0) is 36.6 Å². The largest absolute Gasteiger partial charge is 0.396 e. The van der Waals surface area contributed by atoms with Crippen LogP contribution in [-0.2, 0) is 11.3 Å². The molecule has 6 heteroatoms. The zero-order valence-corrected chi connectivity index (χ0v) is 17.2. The van der Waals surface area contributed by atoms with E-state index in [2.05, 4.69) is 41.1 Å². The number of fused-ring (bicyclic) bond motifs is 1. The number of anilines is 1. The quantitative estimate of drug-likeness (QED) is 0.768. The van der Waals surface area contributed by atoms with Crippen molar-refractivity contribution in [1.29, 1.82) is 0 Å². The Labute approximate surface area is 167 Å². The van der Waals surface area contributed by atoms with Gasteiger partial charge in [0.05, 0.1) is 11.2 Å². The normalized spacial score (nSPS) is 18.7. The Morgan fingerprint density at radius 1 is 1.29 bits per heavy atom. The van der Waals surface area contributed by atoms with Gasteiger partial charge in [0.1, 0.15) is 0 Å². The number of nitrogens with zero attached hydrogens (tertiary/aromatic N) is 3. The third-order valence-electron chi connectivity index (χ3n) is 5.20. The van der Waals surface area contributed by atoms with Gasteiger partial charge in [0.2, 0.25) is 5.91 Å². The van der Waals surface area contributed by atoms with Gasteiger partial charge in [-0.1, -0.05) is 19.9 Å². The van der Waals surface area contributed by atoms with Crippen molar-refractivity contribution in [3.05, 3.63) is 36.0 Å². The van der Waals surface area contributed by atoms with Crippen LogP contribution in [0.15, 0.2) is 30.3 Å². The van der Waals surface area contributed by atoms with Gasteiger partial charge in [0.15, 0.2) is 0 Å². The highest BCUT2D eigenvalue weighted by atomic mass is 16.3. The first-order valence-electron chi connectivity index (χ1n) is 10.2. The average molecular weight is 385 g/mol. The number of nitrogens with one attached hydrogen (secondary N) is 1. The van der Waals surface area contributed by atoms with Gasteiger partial charge in [0, 0.05) is 63.4 Å². The van der Waals surface area contributed by atoms with E-state index in [1.165, 1.54) is 6.92 Å². The molecule has 1 aliphatic rings. The molecule has 0 bridgehead atoms. The van der Waals surface area contributed by atoms with Crippen LogP contribution in [0.5, 0.6) is 0 Å². The third-order valence-corrected chi connectivity index (χ3v) is 5.20. The molecule has 28 heavy (non-hydrogen) atoms. The molecular weight excluding hydrogens is 352 g/mol. The summed E-state index contributed by atoms with van der Waals surface area (Å²) >= 11 is 0. The van der Waals surface area contributed by atoms with E-state index < -0.39 is 0 Å². The van der Waals surface area contributed by atoms with Crippen molar-refractivity contribution < 1.29 is 9.90 Å². The lowest BCUT2D eigenvalue weighted by atomic mass is 10.1. The fourth-order valence-electron chi connectivity index (χ4n) is 4.00. The number of aromatic nitrogens is 1. The topological polar surface area (TPSA) is 68.7 Å². The lowest BCUT2D eigenvalue weighted by Gasteiger charge is -2.42. The number of carbonyl (C=O) groups excluding carboxylic acids is 1. The fraction of sp³-hybridized carbons (Fsp3) is 0.545. The van der Waals surface area contributed by atoms with E-state index in [1.807, 2.05) is 18.2 Å². The lowest BCUT2D eigenvalue weighted by Crippen LogP contribution is -2.53. The van der Waals surface area contributed by atoms with Crippen LogP contribution in [0.1, 0.15) is 32.9 Å². The molecule has 1 saturated heterocycles. The van der Waals surface area contributed by atoms with Gasteiger partial charge in [-0.3, -0.25) is 19.6 Å². The first kappa shape index (κ1) is 20.7. The lowest BCUT2D eigenvalue weighted by molar-refractivity contribution is -0.114. The predicted molar refractivity (Wildman–Crippen MR) is 113 cm³/mol. The molecule has 2 N–H and O–H groups in total. The van der Waals surface area contributed by atoms with Crippen LogP contribution in [0, 0.1) is 5.92 Å². The second kappa shape index (κ2) is 9.45. The second-order valence-corrected chi connectivity index (χ2v) is 8.18. The van der Waals surface area contributed by atoms with Crippen LogP contribution in [0.2, 0.25) is 0 Å². The molecular formula is C22H32N4O2. The van der Waals surface area contributed by atoms with Gasteiger partial charge in [0.25, 0.3) is 0 Å². The number of amides is 1. The Morgan fingerprint density at radius 2 is 2.11 bits per heavy atom. The molecule has 3 rings (SSSR count). The van der Waals surface area contributed by atoms with Gasteiger partial charge < -0.3 is 10.4 Å². The van der Waals surface area contributed by atoms with Crippen LogP contribution in [0.3, 0.4) is 0 Å². The van der Waals surface area contributed by atoms with Gasteiger partial charge in [-0.25, -0.2) is 0 Å². The summed E-state index contributed by atoms with van der Waals surface area (Å²) in [5, 5.41) is 13.3. The Balaban J connectivity index is 1.67. The van der Waals surface area contributed by atoms with E-state index in [-0.39, 0.29) is 12.5 Å². The molecule has 0 unspecified atom stereocenters. The maximum Gasteiger partial charge on any atom is 0.221 e. The Bertz CT molecular complexity index is 808.